The van der Waals surface area contributed by atoms with E-state index < -0.39 is 10.0 Å². The number of aromatic nitrogens is 2. The maximum Gasteiger partial charge on any atom is 0.242 e. The van der Waals surface area contributed by atoms with Crippen LogP contribution in [0.25, 0.3) is 0 Å². The zero-order valence-corrected chi connectivity index (χ0v) is 12.5. The highest BCUT2D eigenvalue weighted by molar-refractivity contribution is 7.89. The van der Waals surface area contributed by atoms with Gasteiger partial charge in [-0.3, -0.25) is 5.10 Å². The Kier molecular flexibility index (Phi) is 4.39. The highest BCUT2D eigenvalue weighted by Gasteiger charge is 2.19. The quantitative estimate of drug-likeness (QED) is 0.715. The number of nitrogens with two attached hydrogens (primary N) is 1. The predicted molar refractivity (Wildman–Crippen MR) is 80.0 cm³/mol. The van der Waals surface area contributed by atoms with Crippen LogP contribution in [-0.4, -0.2) is 23.6 Å². The largest absolute Gasteiger partial charge is 0.389 e. The number of rotatable bonds is 5. The van der Waals surface area contributed by atoms with Crippen molar-refractivity contribution in [3.05, 3.63) is 46.7 Å². The van der Waals surface area contributed by atoms with Crippen LogP contribution >= 0.6 is 23.8 Å². The molecular formula is C11H11ClN4O2S2. The van der Waals surface area contributed by atoms with Crippen LogP contribution in [0.4, 0.5) is 0 Å². The van der Waals surface area contributed by atoms with Crippen LogP contribution in [0.2, 0.25) is 5.02 Å². The maximum absolute atomic E-state index is 12.2. The number of nitrogens with zero attached hydrogens (tertiary/aromatic N) is 1. The van der Waals surface area contributed by atoms with Gasteiger partial charge in [0.25, 0.3) is 0 Å². The van der Waals surface area contributed by atoms with Gasteiger partial charge in [0, 0.05) is 23.9 Å². The van der Waals surface area contributed by atoms with E-state index in [-0.39, 0.29) is 21.5 Å². The lowest BCUT2D eigenvalue weighted by atomic mass is 10.2. The molecule has 0 bridgehead atoms. The zero-order chi connectivity index (χ0) is 14.8. The molecule has 0 aliphatic heterocycles. The Bertz CT molecular complexity index is 729. The number of H-pyrrole nitrogens is 1. The molecule has 106 valence electrons. The van der Waals surface area contributed by atoms with E-state index in [1.165, 1.54) is 18.3 Å². The first-order valence-corrected chi connectivity index (χ1v) is 7.74. The van der Waals surface area contributed by atoms with Crippen molar-refractivity contribution >= 4 is 38.8 Å². The highest BCUT2D eigenvalue weighted by atomic mass is 35.5. The van der Waals surface area contributed by atoms with Gasteiger partial charge in [-0.05, 0) is 12.1 Å². The van der Waals surface area contributed by atoms with Crippen molar-refractivity contribution in [2.75, 3.05) is 0 Å². The fraction of sp³-hybridized carbons (Fsp3) is 0.0909. The van der Waals surface area contributed by atoms with E-state index in [0.29, 0.717) is 11.1 Å². The molecule has 9 heteroatoms. The molecule has 1 aromatic heterocycles. The van der Waals surface area contributed by atoms with Crippen LogP contribution in [-0.2, 0) is 16.6 Å². The second-order valence-corrected chi connectivity index (χ2v) is 6.52. The van der Waals surface area contributed by atoms with Gasteiger partial charge < -0.3 is 5.73 Å². The molecule has 2 aromatic rings. The Morgan fingerprint density at radius 1 is 1.50 bits per heavy atom. The minimum atomic E-state index is -3.76. The molecule has 2 rings (SSSR count). The van der Waals surface area contributed by atoms with Gasteiger partial charge >= 0.3 is 0 Å². The molecule has 0 spiro atoms. The van der Waals surface area contributed by atoms with E-state index in [9.17, 15) is 8.42 Å². The third-order valence-corrected chi connectivity index (χ3v) is 4.64. The van der Waals surface area contributed by atoms with Crippen LogP contribution in [0.5, 0.6) is 0 Å². The Labute approximate surface area is 126 Å². The van der Waals surface area contributed by atoms with Crippen molar-refractivity contribution in [3.63, 3.8) is 0 Å². The van der Waals surface area contributed by atoms with Gasteiger partial charge in [0.1, 0.15) is 9.88 Å². The van der Waals surface area contributed by atoms with Gasteiger partial charge in [-0.2, -0.15) is 5.10 Å². The lowest BCUT2D eigenvalue weighted by molar-refractivity contribution is 0.581. The molecule has 0 amide bonds. The monoisotopic (exact) mass is 330 g/mol. The summed E-state index contributed by atoms with van der Waals surface area (Å²) in [5.41, 5.74) is 6.63. The van der Waals surface area contributed by atoms with Crippen molar-refractivity contribution in [1.29, 1.82) is 0 Å². The van der Waals surface area contributed by atoms with E-state index in [1.54, 1.807) is 12.3 Å². The van der Waals surface area contributed by atoms with Crippen LogP contribution < -0.4 is 10.5 Å². The van der Waals surface area contributed by atoms with Crippen molar-refractivity contribution in [3.8, 4) is 0 Å². The van der Waals surface area contributed by atoms with E-state index in [1.807, 2.05) is 0 Å². The summed E-state index contributed by atoms with van der Waals surface area (Å²) >= 11 is 10.7. The molecule has 1 aromatic carbocycles. The first-order valence-electron chi connectivity index (χ1n) is 5.47. The van der Waals surface area contributed by atoms with Crippen LogP contribution in [0, 0.1) is 0 Å². The molecule has 0 radical (unpaired) electrons. The second-order valence-electron chi connectivity index (χ2n) is 3.94. The predicted octanol–water partition coefficient (Wildman–Crippen LogP) is 1.18. The smallest absolute Gasteiger partial charge is 0.242 e. The summed E-state index contributed by atoms with van der Waals surface area (Å²) in [6.45, 7) is 0.104. The molecule has 0 aliphatic carbocycles. The van der Waals surface area contributed by atoms with Crippen molar-refractivity contribution in [2.45, 2.75) is 11.4 Å². The molecule has 4 N–H and O–H groups in total. The second kappa shape index (κ2) is 5.88. The van der Waals surface area contributed by atoms with E-state index in [0.717, 1.165) is 0 Å². The fourth-order valence-electron chi connectivity index (χ4n) is 1.49. The van der Waals surface area contributed by atoms with Crippen molar-refractivity contribution in [2.24, 2.45) is 5.73 Å². The molecule has 0 atom stereocenters. The summed E-state index contributed by atoms with van der Waals surface area (Å²) in [4.78, 5) is 0.0425. The SMILES string of the molecule is NC(=S)c1ccc(Cl)c(S(=O)(=O)NCc2cn[nH]c2)c1. The third kappa shape index (κ3) is 3.34. The first kappa shape index (κ1) is 14.9. The number of hydrogen-bond acceptors (Lipinski definition) is 4. The van der Waals surface area contributed by atoms with Gasteiger partial charge in [-0.25, -0.2) is 13.1 Å². The molecule has 0 saturated heterocycles. The Morgan fingerprint density at radius 3 is 2.85 bits per heavy atom. The summed E-state index contributed by atoms with van der Waals surface area (Å²) in [6.07, 6.45) is 3.12. The summed E-state index contributed by atoms with van der Waals surface area (Å²) in [6, 6.07) is 4.37. The normalized spacial score (nSPS) is 11.4. The lowest BCUT2D eigenvalue weighted by Crippen LogP contribution is -2.24. The maximum atomic E-state index is 12.2. The average molecular weight is 331 g/mol. The topological polar surface area (TPSA) is 101 Å². The van der Waals surface area contributed by atoms with Gasteiger partial charge in [0.15, 0.2) is 0 Å². The van der Waals surface area contributed by atoms with Crippen LogP contribution in [0.1, 0.15) is 11.1 Å². The molecule has 20 heavy (non-hydrogen) atoms. The fourth-order valence-corrected chi connectivity index (χ4v) is 3.16. The van der Waals surface area contributed by atoms with Gasteiger partial charge in [0.05, 0.1) is 11.2 Å². The molecule has 0 unspecified atom stereocenters. The third-order valence-electron chi connectivity index (χ3n) is 2.53. The number of hydrogen-bond donors (Lipinski definition) is 3. The molecule has 0 aliphatic rings. The van der Waals surface area contributed by atoms with E-state index in [2.05, 4.69) is 14.9 Å². The molecule has 0 saturated carbocycles. The molecule has 0 fully saturated rings. The molecular weight excluding hydrogens is 320 g/mol. The van der Waals surface area contributed by atoms with E-state index >= 15 is 0 Å². The number of sulfonamides is 1. The molecule has 6 nitrogen and oxygen atoms in total. The number of halogens is 1. The molecule has 1 heterocycles. The summed E-state index contributed by atoms with van der Waals surface area (Å²) in [7, 11) is -3.76. The Morgan fingerprint density at radius 2 is 2.25 bits per heavy atom. The number of aromatic amines is 1. The Hall–Kier alpha value is -1.48. The highest BCUT2D eigenvalue weighted by Crippen LogP contribution is 2.22. The zero-order valence-electron chi connectivity index (χ0n) is 10.1. The van der Waals surface area contributed by atoms with Crippen LogP contribution in [0.3, 0.4) is 0 Å². The first-order chi connectivity index (χ1) is 9.40. The van der Waals surface area contributed by atoms with Crippen molar-refractivity contribution in [1.82, 2.24) is 14.9 Å². The van der Waals surface area contributed by atoms with Gasteiger partial charge in [-0.15, -0.1) is 0 Å². The average Bonchev–Trinajstić information content (AvgIpc) is 2.89. The van der Waals surface area contributed by atoms with Gasteiger partial charge in [0.2, 0.25) is 10.0 Å². The van der Waals surface area contributed by atoms with Crippen molar-refractivity contribution < 1.29 is 8.42 Å². The summed E-state index contributed by atoms with van der Waals surface area (Å²) in [5.74, 6) is 0. The van der Waals surface area contributed by atoms with Gasteiger partial charge in [-0.1, -0.05) is 29.9 Å². The number of thiocarbonyl (C=S) groups is 1. The minimum absolute atomic E-state index is 0.0621. The standard InChI is InChI=1S/C11H11ClN4O2S2/c12-9-2-1-8(11(13)19)3-10(9)20(17,18)16-6-7-4-14-15-5-7/h1-5,16H,6H2,(H2,13,19)(H,14,15). The van der Waals surface area contributed by atoms with Crippen LogP contribution in [0.15, 0.2) is 35.5 Å². The summed E-state index contributed by atoms with van der Waals surface area (Å²) in [5, 5.41) is 6.43. The minimum Gasteiger partial charge on any atom is -0.389 e. The van der Waals surface area contributed by atoms with E-state index in [4.69, 9.17) is 29.6 Å². The lowest BCUT2D eigenvalue weighted by Gasteiger charge is -2.09. The number of nitrogens with one attached hydrogen (secondary N) is 2. The summed E-state index contributed by atoms with van der Waals surface area (Å²) < 4.78 is 26.9. The Balaban J connectivity index is 2.28. The number of benzene rings is 1.